The fourth-order valence-corrected chi connectivity index (χ4v) is 3.90. The van der Waals surface area contributed by atoms with Crippen molar-refractivity contribution in [2.75, 3.05) is 20.5 Å². The van der Waals surface area contributed by atoms with Gasteiger partial charge in [0.05, 0.1) is 19.8 Å². The minimum atomic E-state index is -0.607. The van der Waals surface area contributed by atoms with Gasteiger partial charge in [0.15, 0.2) is 28.2 Å². The van der Waals surface area contributed by atoms with Crippen molar-refractivity contribution in [2.24, 2.45) is 7.05 Å². The number of thioether (sulfide) groups is 1. The van der Waals surface area contributed by atoms with Gasteiger partial charge in [-0.3, -0.25) is 14.3 Å². The number of aromatic nitrogens is 3. The van der Waals surface area contributed by atoms with Crippen molar-refractivity contribution in [3.05, 3.63) is 65.0 Å². The van der Waals surface area contributed by atoms with Crippen LogP contribution in [0.4, 0.5) is 4.39 Å². The Hall–Kier alpha value is -3.59. The van der Waals surface area contributed by atoms with Crippen LogP contribution in [0.25, 0.3) is 22.0 Å². The Bertz CT molecular complexity index is 1370. The van der Waals surface area contributed by atoms with Crippen LogP contribution in [0.3, 0.4) is 0 Å². The average Bonchev–Trinajstić information content (AvgIpc) is 2.81. The van der Waals surface area contributed by atoms with Crippen LogP contribution in [-0.2, 0) is 7.05 Å². The van der Waals surface area contributed by atoms with Crippen molar-refractivity contribution in [1.82, 2.24) is 14.5 Å². The molecule has 0 saturated heterocycles. The quantitative estimate of drug-likeness (QED) is 0.310. The zero-order valence-electron chi connectivity index (χ0n) is 17.9. The van der Waals surface area contributed by atoms with Crippen molar-refractivity contribution in [3.63, 3.8) is 0 Å². The van der Waals surface area contributed by atoms with Crippen LogP contribution in [0.1, 0.15) is 0 Å². The minimum Gasteiger partial charge on any atom is -0.493 e. The van der Waals surface area contributed by atoms with E-state index in [4.69, 9.17) is 14.2 Å². The van der Waals surface area contributed by atoms with Gasteiger partial charge < -0.3 is 14.2 Å². The predicted octanol–water partition coefficient (Wildman–Crippen LogP) is 4.67. The Kier molecular flexibility index (Phi) is 6.00. The number of hydrogen-bond acceptors (Lipinski definition) is 7. The van der Waals surface area contributed by atoms with Crippen LogP contribution in [0.5, 0.6) is 23.0 Å². The second kappa shape index (κ2) is 8.88. The van der Waals surface area contributed by atoms with E-state index >= 15 is 0 Å². The first-order valence-electron chi connectivity index (χ1n) is 9.56. The topological polar surface area (TPSA) is 75.5 Å². The van der Waals surface area contributed by atoms with E-state index in [1.807, 2.05) is 6.26 Å². The number of hydrogen-bond donors (Lipinski definition) is 0. The Balaban J connectivity index is 1.72. The molecule has 32 heavy (non-hydrogen) atoms. The molecule has 0 bridgehead atoms. The van der Waals surface area contributed by atoms with Gasteiger partial charge in [-0.2, -0.15) is 0 Å². The Morgan fingerprint density at radius 2 is 1.78 bits per heavy atom. The zero-order chi connectivity index (χ0) is 22.8. The lowest BCUT2D eigenvalue weighted by Gasteiger charge is -2.14. The molecule has 0 radical (unpaired) electrons. The summed E-state index contributed by atoms with van der Waals surface area (Å²) in [7, 11) is 4.70. The summed E-state index contributed by atoms with van der Waals surface area (Å²) in [6.07, 6.45) is 4.84. The molecule has 2 aromatic heterocycles. The van der Waals surface area contributed by atoms with E-state index in [0.29, 0.717) is 44.4 Å². The smallest absolute Gasteiger partial charge is 0.261 e. The Morgan fingerprint density at radius 1 is 1.00 bits per heavy atom. The highest BCUT2D eigenvalue weighted by molar-refractivity contribution is 7.98. The molecule has 0 fully saturated rings. The SMILES string of the molecule is COc1ccc2c(Oc3ccc(-c4cnc(SC)n(C)c4=O)cc3F)ccnc2c1OC. The molecule has 0 unspecified atom stereocenters. The Labute approximate surface area is 187 Å². The first-order valence-corrected chi connectivity index (χ1v) is 10.8. The molecule has 0 spiro atoms. The number of benzene rings is 2. The van der Waals surface area contributed by atoms with Crippen molar-refractivity contribution in [3.8, 4) is 34.1 Å². The molecule has 0 aliphatic heterocycles. The average molecular weight is 453 g/mol. The predicted molar refractivity (Wildman–Crippen MR) is 122 cm³/mol. The summed E-state index contributed by atoms with van der Waals surface area (Å²) >= 11 is 1.36. The van der Waals surface area contributed by atoms with E-state index in [1.54, 1.807) is 44.6 Å². The molecule has 0 aliphatic carbocycles. The van der Waals surface area contributed by atoms with Crippen LogP contribution in [0.15, 0.2) is 58.7 Å². The monoisotopic (exact) mass is 453 g/mol. The van der Waals surface area contributed by atoms with Gasteiger partial charge in [0.25, 0.3) is 5.56 Å². The first kappa shape index (κ1) is 21.6. The third-order valence-electron chi connectivity index (χ3n) is 4.99. The molecule has 164 valence electrons. The Morgan fingerprint density at radius 3 is 2.47 bits per heavy atom. The van der Waals surface area contributed by atoms with Gasteiger partial charge in [0, 0.05) is 24.8 Å². The van der Waals surface area contributed by atoms with E-state index in [9.17, 15) is 9.18 Å². The highest BCUT2D eigenvalue weighted by Crippen LogP contribution is 2.39. The number of ether oxygens (including phenoxy) is 3. The van der Waals surface area contributed by atoms with Gasteiger partial charge in [0.2, 0.25) is 0 Å². The van der Waals surface area contributed by atoms with E-state index < -0.39 is 5.82 Å². The lowest BCUT2D eigenvalue weighted by Crippen LogP contribution is -2.21. The van der Waals surface area contributed by atoms with E-state index in [0.717, 1.165) is 0 Å². The number of pyridine rings is 1. The molecule has 4 aromatic rings. The molecule has 2 aromatic carbocycles. The molecule has 2 heterocycles. The summed E-state index contributed by atoms with van der Waals surface area (Å²) < 4.78 is 33.0. The number of nitrogens with zero attached hydrogens (tertiary/aromatic N) is 3. The summed E-state index contributed by atoms with van der Waals surface area (Å²) in [6.45, 7) is 0. The van der Waals surface area contributed by atoms with E-state index in [2.05, 4.69) is 9.97 Å². The second-order valence-electron chi connectivity index (χ2n) is 6.78. The van der Waals surface area contributed by atoms with Gasteiger partial charge in [-0.15, -0.1) is 0 Å². The van der Waals surface area contributed by atoms with Crippen molar-refractivity contribution >= 4 is 22.7 Å². The fraction of sp³-hybridized carbons (Fsp3) is 0.174. The molecule has 0 saturated carbocycles. The van der Waals surface area contributed by atoms with Gasteiger partial charge in [-0.1, -0.05) is 17.8 Å². The van der Waals surface area contributed by atoms with Crippen LogP contribution in [0.2, 0.25) is 0 Å². The second-order valence-corrected chi connectivity index (χ2v) is 7.55. The molecular weight excluding hydrogens is 433 g/mol. The van der Waals surface area contributed by atoms with E-state index in [-0.39, 0.29) is 11.3 Å². The lowest BCUT2D eigenvalue weighted by molar-refractivity contribution is 0.358. The highest BCUT2D eigenvalue weighted by atomic mass is 32.2. The molecule has 4 rings (SSSR count). The number of halogens is 1. The maximum absolute atomic E-state index is 14.9. The zero-order valence-corrected chi connectivity index (χ0v) is 18.7. The van der Waals surface area contributed by atoms with Gasteiger partial charge in [-0.05, 0) is 42.2 Å². The van der Waals surface area contributed by atoms with Crippen LogP contribution >= 0.6 is 11.8 Å². The molecule has 9 heteroatoms. The number of fused-ring (bicyclic) bond motifs is 1. The standard InChI is InChI=1S/C23H20FN3O4S/c1-27-22(28)15(12-26-23(27)32-4)13-5-7-18(16(24)11-13)31-17-9-10-25-20-14(17)6-8-19(29-2)21(20)30-3/h5-12H,1-4H3. The summed E-state index contributed by atoms with van der Waals surface area (Å²) in [5.41, 5.74) is 1.01. The highest BCUT2D eigenvalue weighted by Gasteiger charge is 2.16. The molecule has 0 N–H and O–H groups in total. The summed E-state index contributed by atoms with van der Waals surface area (Å²) in [5.74, 6) is 0.807. The van der Waals surface area contributed by atoms with E-state index in [1.165, 1.54) is 41.8 Å². The lowest BCUT2D eigenvalue weighted by atomic mass is 10.1. The summed E-state index contributed by atoms with van der Waals surface area (Å²) in [5, 5.41) is 1.22. The molecule has 7 nitrogen and oxygen atoms in total. The third-order valence-corrected chi connectivity index (χ3v) is 5.73. The normalized spacial score (nSPS) is 10.9. The van der Waals surface area contributed by atoms with Crippen molar-refractivity contribution < 1.29 is 18.6 Å². The number of methoxy groups -OCH3 is 2. The largest absolute Gasteiger partial charge is 0.493 e. The van der Waals surface area contributed by atoms with Crippen molar-refractivity contribution in [2.45, 2.75) is 5.16 Å². The first-order chi connectivity index (χ1) is 15.5. The third kappa shape index (κ3) is 3.75. The van der Waals surface area contributed by atoms with Crippen LogP contribution in [-0.4, -0.2) is 35.0 Å². The van der Waals surface area contributed by atoms with Gasteiger partial charge in [-0.25, -0.2) is 9.37 Å². The molecular formula is C23H20FN3O4S. The van der Waals surface area contributed by atoms with Gasteiger partial charge >= 0.3 is 0 Å². The minimum absolute atomic E-state index is 0.0153. The van der Waals surface area contributed by atoms with Crippen LogP contribution < -0.4 is 19.8 Å². The fourth-order valence-electron chi connectivity index (χ4n) is 3.38. The maximum atomic E-state index is 14.9. The summed E-state index contributed by atoms with van der Waals surface area (Å²) in [6, 6.07) is 9.52. The number of rotatable bonds is 6. The van der Waals surface area contributed by atoms with Crippen molar-refractivity contribution in [1.29, 1.82) is 0 Å². The molecule has 0 amide bonds. The summed E-state index contributed by atoms with van der Waals surface area (Å²) in [4.78, 5) is 21.2. The molecule has 0 aliphatic rings. The molecule has 0 atom stereocenters. The van der Waals surface area contributed by atoms with Crippen LogP contribution in [0, 0.1) is 5.82 Å². The maximum Gasteiger partial charge on any atom is 0.261 e. The van der Waals surface area contributed by atoms with Gasteiger partial charge in [0.1, 0.15) is 11.3 Å².